The fraction of sp³-hybridized carbons (Fsp3) is 0.833. The molecule has 1 aliphatic carbocycles. The highest BCUT2D eigenvalue weighted by Crippen LogP contribution is 2.54. The van der Waals surface area contributed by atoms with Crippen molar-refractivity contribution in [3.05, 3.63) is 33.1 Å². The normalized spacial score (nSPS) is 27.2. The second kappa shape index (κ2) is 8.58. The summed E-state index contributed by atoms with van der Waals surface area (Å²) in [5, 5.41) is 0.136. The number of hydrogen-bond acceptors (Lipinski definition) is 5. The Hall–Kier alpha value is -1.01. The Balaban J connectivity index is 2.00. The Kier molecular flexibility index (Phi) is 6.92. The number of hydrogen-bond donors (Lipinski definition) is 1. The highest BCUT2D eigenvalue weighted by Gasteiger charge is 2.61. The lowest BCUT2D eigenvalue weighted by atomic mass is 9.92. The molecule has 2 fully saturated rings. The van der Waals surface area contributed by atoms with E-state index in [0.717, 1.165) is 12.8 Å². The first-order valence-corrected chi connectivity index (χ1v) is 18.0. The summed E-state index contributed by atoms with van der Waals surface area (Å²) in [5.74, 6) is 0.348. The van der Waals surface area contributed by atoms with Crippen LogP contribution in [0.2, 0.25) is 36.3 Å². The maximum Gasteiger partial charge on any atom is 0.330 e. The maximum absolute atomic E-state index is 12.6. The molecule has 1 aliphatic heterocycles. The van der Waals surface area contributed by atoms with E-state index in [1.807, 2.05) is 0 Å². The van der Waals surface area contributed by atoms with Gasteiger partial charge in [0.05, 0.1) is 12.7 Å². The predicted octanol–water partition coefficient (Wildman–Crippen LogP) is 5.02. The Morgan fingerprint density at radius 1 is 1.06 bits per heavy atom. The fourth-order valence-corrected chi connectivity index (χ4v) is 6.33. The standard InChI is InChI=1S/C24H44N2O5Si2/c1-22(2,3)32(7,8)29-16-24(17-11-12-17)18(31-33(9,10)23(4,5)6)15-20(30-24)26-14-13-19(27)25-21(26)28/h13-14,17-18,20H,11-12,15-16H2,1-10H3,(H,25,27,28)/t18?,20-,24+/m1/s1. The minimum Gasteiger partial charge on any atom is -0.414 e. The summed E-state index contributed by atoms with van der Waals surface area (Å²) in [6.45, 7) is 23.0. The maximum atomic E-state index is 12.6. The minimum absolute atomic E-state index is 0.0511. The molecule has 2 aliphatic rings. The van der Waals surface area contributed by atoms with Gasteiger partial charge in [-0.1, -0.05) is 41.5 Å². The summed E-state index contributed by atoms with van der Waals surface area (Å²) in [7, 11) is -4.13. The lowest BCUT2D eigenvalue weighted by molar-refractivity contribution is -0.135. The lowest BCUT2D eigenvalue weighted by Crippen LogP contribution is -2.56. The van der Waals surface area contributed by atoms with Crippen LogP contribution >= 0.6 is 0 Å². The van der Waals surface area contributed by atoms with Gasteiger partial charge in [0.25, 0.3) is 5.56 Å². The average molecular weight is 497 g/mol. The highest BCUT2D eigenvalue weighted by molar-refractivity contribution is 6.74. The smallest absolute Gasteiger partial charge is 0.330 e. The van der Waals surface area contributed by atoms with Gasteiger partial charge in [-0.05, 0) is 55.0 Å². The predicted molar refractivity (Wildman–Crippen MR) is 137 cm³/mol. The molecule has 7 nitrogen and oxygen atoms in total. The first kappa shape index (κ1) is 26.6. The number of aromatic amines is 1. The van der Waals surface area contributed by atoms with Gasteiger partial charge < -0.3 is 13.6 Å². The molecule has 1 unspecified atom stereocenters. The second-order valence-corrected chi connectivity index (χ2v) is 22.5. The molecule has 2 heterocycles. The van der Waals surface area contributed by atoms with Gasteiger partial charge in [-0.15, -0.1) is 0 Å². The van der Waals surface area contributed by atoms with Crippen LogP contribution < -0.4 is 11.2 Å². The quantitative estimate of drug-likeness (QED) is 0.536. The Bertz CT molecular complexity index is 969. The van der Waals surface area contributed by atoms with Crippen molar-refractivity contribution in [3.8, 4) is 0 Å². The molecule has 188 valence electrons. The number of aromatic nitrogens is 2. The summed E-state index contributed by atoms with van der Waals surface area (Å²) in [6.07, 6.45) is 3.59. The van der Waals surface area contributed by atoms with Crippen molar-refractivity contribution in [2.75, 3.05) is 6.61 Å². The minimum atomic E-state index is -2.11. The molecule has 1 saturated carbocycles. The van der Waals surface area contributed by atoms with E-state index >= 15 is 0 Å². The second-order valence-electron chi connectivity index (χ2n) is 13.0. The zero-order valence-electron chi connectivity index (χ0n) is 22.2. The summed E-state index contributed by atoms with van der Waals surface area (Å²) in [5.41, 5.74) is -1.45. The van der Waals surface area contributed by atoms with Gasteiger partial charge in [-0.25, -0.2) is 4.79 Å². The Morgan fingerprint density at radius 2 is 1.64 bits per heavy atom. The van der Waals surface area contributed by atoms with Gasteiger partial charge in [0, 0.05) is 18.7 Å². The molecule has 1 saturated heterocycles. The van der Waals surface area contributed by atoms with Crippen LogP contribution in [0, 0.1) is 5.92 Å². The number of nitrogens with one attached hydrogen (secondary N) is 1. The third-order valence-corrected chi connectivity index (χ3v) is 17.4. The molecule has 1 N–H and O–H groups in total. The van der Waals surface area contributed by atoms with E-state index in [9.17, 15) is 9.59 Å². The van der Waals surface area contributed by atoms with Gasteiger partial charge in [0.2, 0.25) is 0 Å². The number of ether oxygens (including phenoxy) is 1. The summed E-state index contributed by atoms with van der Waals surface area (Å²) in [4.78, 5) is 26.6. The van der Waals surface area contributed by atoms with Gasteiger partial charge in [0.15, 0.2) is 16.6 Å². The molecule has 0 amide bonds. The van der Waals surface area contributed by atoms with Crippen LogP contribution in [0.1, 0.15) is 67.0 Å². The molecule has 3 atom stereocenters. The molecule has 0 radical (unpaired) electrons. The molecular formula is C24H44N2O5Si2. The first-order valence-electron chi connectivity index (χ1n) is 12.2. The Morgan fingerprint density at radius 3 is 2.12 bits per heavy atom. The van der Waals surface area contributed by atoms with Crippen LogP contribution in [-0.2, 0) is 13.6 Å². The average Bonchev–Trinajstić information content (AvgIpc) is 3.42. The van der Waals surface area contributed by atoms with Crippen molar-refractivity contribution in [2.24, 2.45) is 5.92 Å². The van der Waals surface area contributed by atoms with Gasteiger partial charge >= 0.3 is 5.69 Å². The van der Waals surface area contributed by atoms with Crippen molar-refractivity contribution in [2.45, 2.75) is 115 Å². The molecule has 0 spiro atoms. The molecule has 0 bridgehead atoms. The van der Waals surface area contributed by atoms with E-state index in [1.165, 1.54) is 16.8 Å². The van der Waals surface area contributed by atoms with Crippen LogP contribution in [0.25, 0.3) is 0 Å². The van der Waals surface area contributed by atoms with Crippen LogP contribution in [0.15, 0.2) is 21.9 Å². The van der Waals surface area contributed by atoms with Crippen LogP contribution in [-0.4, -0.2) is 44.5 Å². The van der Waals surface area contributed by atoms with Crippen LogP contribution in [0.5, 0.6) is 0 Å². The first-order chi connectivity index (χ1) is 14.9. The molecule has 1 aromatic rings. The van der Waals surface area contributed by atoms with Crippen LogP contribution in [0.3, 0.4) is 0 Å². The zero-order chi connectivity index (χ0) is 25.0. The van der Waals surface area contributed by atoms with E-state index < -0.39 is 39.7 Å². The van der Waals surface area contributed by atoms with E-state index in [-0.39, 0.29) is 16.2 Å². The van der Waals surface area contributed by atoms with Crippen molar-refractivity contribution in [3.63, 3.8) is 0 Å². The molecular weight excluding hydrogens is 452 g/mol. The monoisotopic (exact) mass is 496 g/mol. The molecule has 1 aromatic heterocycles. The number of H-pyrrole nitrogens is 1. The van der Waals surface area contributed by atoms with Gasteiger partial charge in [-0.3, -0.25) is 14.3 Å². The van der Waals surface area contributed by atoms with Gasteiger partial charge in [0.1, 0.15) is 11.8 Å². The van der Waals surface area contributed by atoms with Gasteiger partial charge in [-0.2, -0.15) is 0 Å². The third-order valence-electron chi connectivity index (χ3n) is 8.45. The van der Waals surface area contributed by atoms with E-state index in [2.05, 4.69) is 72.7 Å². The third kappa shape index (κ3) is 5.32. The topological polar surface area (TPSA) is 82.5 Å². The largest absolute Gasteiger partial charge is 0.414 e. The molecule has 3 rings (SSSR count). The summed E-state index contributed by atoms with van der Waals surface area (Å²) in [6, 6.07) is 1.37. The van der Waals surface area contributed by atoms with Crippen molar-refractivity contribution in [1.29, 1.82) is 0 Å². The van der Waals surface area contributed by atoms with Crippen molar-refractivity contribution in [1.82, 2.24) is 9.55 Å². The van der Waals surface area contributed by atoms with E-state index in [1.54, 1.807) is 0 Å². The van der Waals surface area contributed by atoms with Crippen molar-refractivity contribution >= 4 is 16.6 Å². The van der Waals surface area contributed by atoms with E-state index in [4.69, 9.17) is 13.6 Å². The molecule has 33 heavy (non-hydrogen) atoms. The summed E-state index contributed by atoms with van der Waals surface area (Å²) >= 11 is 0. The lowest BCUT2D eigenvalue weighted by Gasteiger charge is -2.45. The zero-order valence-corrected chi connectivity index (χ0v) is 24.2. The number of nitrogens with zero attached hydrogens (tertiary/aromatic N) is 1. The summed E-state index contributed by atoms with van der Waals surface area (Å²) < 4.78 is 22.1. The van der Waals surface area contributed by atoms with Crippen molar-refractivity contribution < 1.29 is 13.6 Å². The fourth-order valence-electron chi connectivity index (χ4n) is 3.95. The molecule has 9 heteroatoms. The van der Waals surface area contributed by atoms with Crippen LogP contribution in [0.4, 0.5) is 0 Å². The Labute approximate surface area is 200 Å². The number of rotatable bonds is 7. The SMILES string of the molecule is CC(C)(C)[Si](C)(C)OC[C@@]1(C2CC2)O[C@@H](n2ccc(=O)[nH]c2=O)CC1O[Si](C)(C)C(C)(C)C. The molecule has 0 aromatic carbocycles. The highest BCUT2D eigenvalue weighted by atomic mass is 28.4. The van der Waals surface area contributed by atoms with E-state index in [0.29, 0.717) is 18.9 Å².